The van der Waals surface area contributed by atoms with Gasteiger partial charge in [-0.15, -0.1) is 0 Å². The van der Waals surface area contributed by atoms with Crippen LogP contribution in [0.4, 0.5) is 0 Å². The van der Waals surface area contributed by atoms with Gasteiger partial charge in [0.25, 0.3) is 0 Å². The summed E-state index contributed by atoms with van der Waals surface area (Å²) in [7, 11) is 1.12. The lowest BCUT2D eigenvalue weighted by Crippen LogP contribution is -2.69. The Morgan fingerprint density at radius 1 is 0.189 bits per heavy atom. The van der Waals surface area contributed by atoms with E-state index in [-0.39, 0.29) is 0 Å². The fourth-order valence-corrected chi connectivity index (χ4v) is 11.6. The average Bonchev–Trinajstić information content (AvgIpc) is 1.20. The molecular weight excluding hydrogens is 1240 g/mol. The second-order valence-electron chi connectivity index (χ2n) is 22.6. The van der Waals surface area contributed by atoms with Gasteiger partial charge in [0.05, 0.1) is 52.9 Å². The molecule has 0 aromatic rings. The summed E-state index contributed by atoms with van der Waals surface area (Å²) in [5.74, 6) is 0. The Labute approximate surface area is 508 Å². The molecule has 0 bridgehead atoms. The lowest BCUT2D eigenvalue weighted by atomic mass is 9.95. The third kappa shape index (κ3) is 15.1. The zero-order valence-corrected chi connectivity index (χ0v) is 47.5. The molecule has 0 spiro atoms. The van der Waals surface area contributed by atoms with Crippen molar-refractivity contribution in [3.8, 4) is 0 Å². The molecule has 526 valence electrons. The maximum Gasteiger partial charge on any atom is 0.187 e. The molecule has 8 rings (SSSR count). The van der Waals surface area contributed by atoms with Crippen molar-refractivity contribution in [3.63, 3.8) is 0 Å². The maximum atomic E-state index is 11.8. The summed E-state index contributed by atoms with van der Waals surface area (Å²) in [6.07, 6.45) is -80.4. The molecule has 0 aliphatic carbocycles. The van der Waals surface area contributed by atoms with Crippen LogP contribution >= 0.6 is 0 Å². The van der Waals surface area contributed by atoms with Gasteiger partial charge in [-0.2, -0.15) is 0 Å². The number of aliphatic hydroxyl groups excluding tert-OH is 25. The van der Waals surface area contributed by atoms with E-state index in [2.05, 4.69) is 0 Å². The minimum absolute atomic E-state index is 0.809. The molecule has 25 N–H and O–H groups in total. The summed E-state index contributed by atoms with van der Waals surface area (Å²) in [6.45, 7) is -8.17. The Hall–Kier alpha value is -1.64. The molecule has 0 amide bonds. The van der Waals surface area contributed by atoms with E-state index in [9.17, 15) is 128 Å². The molecule has 40 atom stereocenters. The van der Waals surface area contributed by atoms with E-state index in [4.69, 9.17) is 75.8 Å². The van der Waals surface area contributed by atoms with Gasteiger partial charge >= 0.3 is 0 Å². The molecule has 8 saturated heterocycles. The number of rotatable bonds is 23. The van der Waals surface area contributed by atoms with E-state index < -0.39 is 299 Å². The molecule has 0 saturated carbocycles. The third-order valence-corrected chi connectivity index (χ3v) is 16.9. The van der Waals surface area contributed by atoms with Crippen molar-refractivity contribution in [2.24, 2.45) is 0 Å². The summed E-state index contributed by atoms with van der Waals surface area (Å²) in [5, 5.41) is 271. The quantitative estimate of drug-likeness (QED) is 0.0452. The van der Waals surface area contributed by atoms with Crippen LogP contribution < -0.4 is 0 Å². The van der Waals surface area contributed by atoms with Crippen LogP contribution in [-0.4, -0.2) is 433 Å². The zero-order valence-electron chi connectivity index (χ0n) is 47.5. The van der Waals surface area contributed by atoms with Gasteiger partial charge in [0, 0.05) is 7.11 Å². The van der Waals surface area contributed by atoms with Crippen molar-refractivity contribution in [3.05, 3.63) is 0 Å². The number of methoxy groups -OCH3 is 1. The molecule has 28 unspecified atom stereocenters. The minimum atomic E-state index is -2.37. The third-order valence-electron chi connectivity index (χ3n) is 16.9. The molecule has 0 aromatic heterocycles. The summed E-state index contributed by atoms with van der Waals surface area (Å²) in [4.78, 5) is 0. The first kappa shape index (κ1) is 74.2. The fraction of sp³-hybridized carbons (Fsp3) is 1.00. The normalized spacial score (nSPS) is 53.1. The first-order valence-electron chi connectivity index (χ1n) is 28.6. The van der Waals surface area contributed by atoms with Crippen LogP contribution in [0, 0.1) is 0 Å². The van der Waals surface area contributed by atoms with Crippen molar-refractivity contribution in [1.29, 1.82) is 0 Å². The largest absolute Gasteiger partial charge is 0.394 e. The smallest absolute Gasteiger partial charge is 0.187 e. The Balaban J connectivity index is 0.965. The first-order valence-corrected chi connectivity index (χ1v) is 28.6. The van der Waals surface area contributed by atoms with Crippen molar-refractivity contribution >= 4 is 0 Å². The molecule has 8 aliphatic heterocycles. The first-order chi connectivity index (χ1) is 42.8. The molecule has 0 aromatic carbocycles. The fourth-order valence-electron chi connectivity index (χ4n) is 11.6. The van der Waals surface area contributed by atoms with Crippen LogP contribution in [0.5, 0.6) is 0 Å². The number of hydrogen-bond acceptors (Lipinski definition) is 41. The van der Waals surface area contributed by atoms with Gasteiger partial charge in [-0.25, -0.2) is 0 Å². The molecule has 8 fully saturated rings. The Morgan fingerprint density at radius 3 is 0.500 bits per heavy atom. The molecule has 90 heavy (non-hydrogen) atoms. The standard InChI is InChI=1S/C49H84O41/c1-75-42-28(68)35(19(59)11(3-51)76-42)85-44-30(70)37(21(61)13(5-53)78-44)87-46-32(72)39(23(63)15(7-55)80-46)89-48-34(74)41(25(65)17(9-57)82-48)90-49-33(73)40(24(64)16(8-56)83-49)88-47-31(71)38(22(62)14(6-54)81-47)86-45-29(69)36(20(60)12(4-52)79-45)84-43-27(67)26(66)18(58)10(2-50)77-43/h10-74H,2-9H2,1H3/t10?,11?,12?,13?,14?,15?,16?,17?,18?,19-,20-,21?,22?,23-,24-,25?,26?,27?,28?,29?,30?,31?,32?,33?,34?,35-,36-,37?,38?,39-,40-,41?,42+,43?,44?,45-,46-,47?,48?,49-/m0/s1. The maximum absolute atomic E-state index is 11.8. The second kappa shape index (κ2) is 32.1. The lowest BCUT2D eigenvalue weighted by Gasteiger charge is -2.50. The van der Waals surface area contributed by atoms with Crippen molar-refractivity contribution in [2.75, 3.05) is 60.0 Å². The number of hydrogen-bond donors (Lipinski definition) is 25. The topological polar surface area (TPSA) is 653 Å². The predicted molar refractivity (Wildman–Crippen MR) is 269 cm³/mol. The number of aliphatic hydroxyl groups is 25. The van der Waals surface area contributed by atoms with Crippen LogP contribution in [0.25, 0.3) is 0 Å². The van der Waals surface area contributed by atoms with Crippen LogP contribution in [0.2, 0.25) is 0 Å². The molecule has 0 radical (unpaired) electrons. The highest BCUT2D eigenvalue weighted by molar-refractivity contribution is 5.02. The van der Waals surface area contributed by atoms with Gasteiger partial charge in [0.1, 0.15) is 195 Å². The van der Waals surface area contributed by atoms with E-state index in [0.717, 1.165) is 7.11 Å². The van der Waals surface area contributed by atoms with Crippen LogP contribution in [-0.2, 0) is 75.8 Å². The van der Waals surface area contributed by atoms with Gasteiger partial charge in [-0.1, -0.05) is 0 Å². The van der Waals surface area contributed by atoms with E-state index in [1.54, 1.807) is 0 Å². The van der Waals surface area contributed by atoms with Crippen LogP contribution in [0.1, 0.15) is 0 Å². The van der Waals surface area contributed by atoms with Gasteiger partial charge in [0.15, 0.2) is 50.3 Å². The highest BCUT2D eigenvalue weighted by atomic mass is 16.8. The molecule has 8 aliphatic rings. The molecular formula is C49H84O41. The van der Waals surface area contributed by atoms with Crippen LogP contribution in [0.3, 0.4) is 0 Å². The van der Waals surface area contributed by atoms with E-state index >= 15 is 0 Å². The molecule has 8 heterocycles. The monoisotopic (exact) mass is 1330 g/mol. The SMILES string of the molecule is CO[C@@H]1OC(CO)[C@H](O)[C@H](OC2OC(CO)C(O)C(O[C@@H]3OC(CO)[C@H](O)[C@H](OC4OC(CO)C(O)C(O[C@@H]5OC(CO)[C@H](O)[C@H](OC6OC(CO)C(O)C(O[C@@H]7OC(CO)[C@H](O)[C@H](OC8OC(CO)C(O)C(O)C8O)C7O)C6O)C5O)C4O)C3O)C2O)C1O. The van der Waals surface area contributed by atoms with Crippen molar-refractivity contribution in [2.45, 2.75) is 246 Å². The van der Waals surface area contributed by atoms with Crippen molar-refractivity contribution in [1.82, 2.24) is 0 Å². The Kier molecular flexibility index (Phi) is 26.5. The molecule has 41 nitrogen and oxygen atoms in total. The lowest BCUT2D eigenvalue weighted by molar-refractivity contribution is -0.402. The minimum Gasteiger partial charge on any atom is -0.394 e. The summed E-state index contributed by atoms with van der Waals surface area (Å²) < 4.78 is 89.4. The van der Waals surface area contributed by atoms with Gasteiger partial charge in [-0.05, 0) is 0 Å². The van der Waals surface area contributed by atoms with E-state index in [1.807, 2.05) is 0 Å². The van der Waals surface area contributed by atoms with Crippen molar-refractivity contribution < 1.29 is 203 Å². The average molecular weight is 1330 g/mol. The van der Waals surface area contributed by atoms with E-state index in [1.165, 1.54) is 0 Å². The predicted octanol–water partition coefficient (Wildman–Crippen LogP) is -17.8. The zero-order chi connectivity index (χ0) is 66.1. The van der Waals surface area contributed by atoms with Gasteiger partial charge < -0.3 is 203 Å². The highest BCUT2D eigenvalue weighted by Gasteiger charge is 2.60. The van der Waals surface area contributed by atoms with Crippen LogP contribution in [0.15, 0.2) is 0 Å². The molecule has 41 heteroatoms. The summed E-state index contributed by atoms with van der Waals surface area (Å²) in [5.41, 5.74) is 0. The van der Waals surface area contributed by atoms with Gasteiger partial charge in [-0.3, -0.25) is 0 Å². The Bertz CT molecular complexity index is 2140. The Morgan fingerprint density at radius 2 is 0.333 bits per heavy atom. The van der Waals surface area contributed by atoms with Gasteiger partial charge in [0.2, 0.25) is 0 Å². The van der Waals surface area contributed by atoms with E-state index in [0.29, 0.717) is 0 Å². The summed E-state index contributed by atoms with van der Waals surface area (Å²) >= 11 is 0. The second-order valence-corrected chi connectivity index (χ2v) is 22.6. The summed E-state index contributed by atoms with van der Waals surface area (Å²) in [6, 6.07) is 0. The number of ether oxygens (including phenoxy) is 16. The highest BCUT2D eigenvalue weighted by Crippen LogP contribution is 2.39.